The Balaban J connectivity index is 1.77. The molecule has 7 heteroatoms. The summed E-state index contributed by atoms with van der Waals surface area (Å²) in [5.41, 5.74) is 3.32. The molecule has 1 saturated heterocycles. The van der Waals surface area contributed by atoms with E-state index in [4.69, 9.17) is 0 Å². The Morgan fingerprint density at radius 1 is 1.19 bits per heavy atom. The van der Waals surface area contributed by atoms with Crippen molar-refractivity contribution in [3.63, 3.8) is 0 Å². The van der Waals surface area contributed by atoms with Gasteiger partial charge in [0, 0.05) is 11.8 Å². The minimum atomic E-state index is -3.11. The molecule has 0 spiro atoms. The number of rotatable bonds is 3. The van der Waals surface area contributed by atoms with E-state index >= 15 is 0 Å². The second-order valence-electron chi connectivity index (χ2n) is 6.70. The van der Waals surface area contributed by atoms with Gasteiger partial charge in [-0.2, -0.15) is 0 Å². The average Bonchev–Trinajstić information content (AvgIpc) is 3.16. The first-order chi connectivity index (χ1) is 12.4. The number of anilines is 1. The third kappa shape index (κ3) is 3.10. The van der Waals surface area contributed by atoms with E-state index in [1.807, 2.05) is 60.0 Å². The lowest BCUT2D eigenvalue weighted by atomic mass is 10.1. The topological polar surface area (TPSA) is 80.5 Å². The molecule has 4 rings (SSSR count). The predicted octanol–water partition coefficient (Wildman–Crippen LogP) is 2.68. The number of nitrogens with zero attached hydrogens (tertiary/aromatic N) is 2. The third-order valence-corrected chi connectivity index (χ3v) is 6.43. The Kier molecular flexibility index (Phi) is 4.03. The van der Waals surface area contributed by atoms with Crippen molar-refractivity contribution in [2.24, 2.45) is 5.92 Å². The van der Waals surface area contributed by atoms with Crippen molar-refractivity contribution in [2.75, 3.05) is 16.8 Å². The Morgan fingerprint density at radius 2 is 1.96 bits per heavy atom. The zero-order valence-electron chi connectivity index (χ0n) is 14.3. The molecule has 1 amide bonds. The number of fused-ring (bicyclic) bond motifs is 1. The number of benzene rings is 1. The number of carbonyl (C=O) groups excluding carboxylic acids is 1. The molecule has 0 radical (unpaired) electrons. The largest absolute Gasteiger partial charge is 0.310 e. The van der Waals surface area contributed by atoms with E-state index in [2.05, 4.69) is 10.3 Å². The van der Waals surface area contributed by atoms with Gasteiger partial charge in [0.25, 0.3) is 0 Å². The van der Waals surface area contributed by atoms with Crippen molar-refractivity contribution in [2.45, 2.75) is 13.3 Å². The lowest BCUT2D eigenvalue weighted by Crippen LogP contribution is -2.24. The monoisotopic (exact) mass is 369 g/mol. The standard InChI is InChI=1S/C19H19N3O3S/c1-13-7-8-16-20-17(14-5-3-2-4-6-14)18(22(16)11-13)21-19(23)15-9-10-26(24,25)12-15/h2-8,11,15H,9-10,12H2,1H3,(H,21,23)/t15-/m0/s1. The number of hydrogen-bond acceptors (Lipinski definition) is 4. The lowest BCUT2D eigenvalue weighted by Gasteiger charge is -2.11. The molecule has 6 nitrogen and oxygen atoms in total. The fraction of sp³-hybridized carbons (Fsp3) is 0.263. The van der Waals surface area contributed by atoms with E-state index in [-0.39, 0.29) is 17.4 Å². The average molecular weight is 369 g/mol. The first-order valence-corrected chi connectivity index (χ1v) is 10.3. The quantitative estimate of drug-likeness (QED) is 0.770. The summed E-state index contributed by atoms with van der Waals surface area (Å²) in [7, 11) is -3.11. The highest BCUT2D eigenvalue weighted by atomic mass is 32.2. The van der Waals surface area contributed by atoms with Gasteiger partial charge in [-0.1, -0.05) is 36.4 Å². The first kappa shape index (κ1) is 16.8. The third-order valence-electron chi connectivity index (χ3n) is 4.66. The summed E-state index contributed by atoms with van der Waals surface area (Å²) in [6, 6.07) is 13.5. The van der Waals surface area contributed by atoms with Crippen molar-refractivity contribution < 1.29 is 13.2 Å². The maximum Gasteiger partial charge on any atom is 0.229 e. The van der Waals surface area contributed by atoms with E-state index in [1.165, 1.54) is 0 Å². The Labute approximate surface area is 151 Å². The van der Waals surface area contributed by atoms with E-state index < -0.39 is 15.8 Å². The SMILES string of the molecule is Cc1ccc2nc(-c3ccccc3)c(NC(=O)[C@H]3CCS(=O)(=O)C3)n2c1. The normalized spacial score (nSPS) is 18.9. The minimum Gasteiger partial charge on any atom is -0.310 e. The van der Waals surface area contributed by atoms with Gasteiger partial charge in [-0.25, -0.2) is 13.4 Å². The van der Waals surface area contributed by atoms with Gasteiger partial charge in [0.2, 0.25) is 5.91 Å². The molecule has 0 bridgehead atoms. The maximum absolute atomic E-state index is 12.7. The van der Waals surface area contributed by atoms with Gasteiger partial charge < -0.3 is 5.32 Å². The van der Waals surface area contributed by atoms with Gasteiger partial charge in [0.15, 0.2) is 9.84 Å². The Hall–Kier alpha value is -2.67. The van der Waals surface area contributed by atoms with Gasteiger partial charge in [-0.3, -0.25) is 9.20 Å². The second kappa shape index (κ2) is 6.25. The summed E-state index contributed by atoms with van der Waals surface area (Å²) >= 11 is 0. The number of hydrogen-bond donors (Lipinski definition) is 1. The molecule has 26 heavy (non-hydrogen) atoms. The molecule has 3 aromatic rings. The molecule has 1 fully saturated rings. The minimum absolute atomic E-state index is 0.0723. The molecule has 1 N–H and O–H groups in total. The Morgan fingerprint density at radius 3 is 2.65 bits per heavy atom. The predicted molar refractivity (Wildman–Crippen MR) is 101 cm³/mol. The van der Waals surface area contributed by atoms with Crippen LogP contribution < -0.4 is 5.32 Å². The van der Waals surface area contributed by atoms with E-state index in [0.717, 1.165) is 16.8 Å². The van der Waals surface area contributed by atoms with Gasteiger partial charge >= 0.3 is 0 Å². The molecule has 1 aliphatic heterocycles. The number of imidazole rings is 1. The molecule has 3 heterocycles. The van der Waals surface area contributed by atoms with Crippen LogP contribution >= 0.6 is 0 Å². The van der Waals surface area contributed by atoms with Gasteiger partial charge in [0.1, 0.15) is 17.2 Å². The van der Waals surface area contributed by atoms with Gasteiger partial charge in [-0.15, -0.1) is 0 Å². The fourth-order valence-corrected chi connectivity index (χ4v) is 5.03. The summed E-state index contributed by atoms with van der Waals surface area (Å²) in [5, 5.41) is 2.94. The van der Waals surface area contributed by atoms with Crippen LogP contribution in [0.5, 0.6) is 0 Å². The molecule has 134 valence electrons. The number of amides is 1. The van der Waals surface area contributed by atoms with Crippen LogP contribution in [0.3, 0.4) is 0 Å². The molecule has 0 unspecified atom stereocenters. The molecule has 1 aliphatic rings. The fourth-order valence-electron chi connectivity index (χ4n) is 3.29. The van der Waals surface area contributed by atoms with Crippen LogP contribution in [0.1, 0.15) is 12.0 Å². The highest BCUT2D eigenvalue weighted by Crippen LogP contribution is 2.30. The zero-order valence-corrected chi connectivity index (χ0v) is 15.2. The van der Waals surface area contributed by atoms with Crippen LogP contribution in [0.25, 0.3) is 16.9 Å². The van der Waals surface area contributed by atoms with Crippen LogP contribution in [-0.2, 0) is 14.6 Å². The van der Waals surface area contributed by atoms with E-state index in [0.29, 0.717) is 17.9 Å². The van der Waals surface area contributed by atoms with Gasteiger partial charge in [-0.05, 0) is 25.0 Å². The van der Waals surface area contributed by atoms with Crippen molar-refractivity contribution >= 4 is 27.2 Å². The van der Waals surface area contributed by atoms with Crippen molar-refractivity contribution in [1.82, 2.24) is 9.38 Å². The second-order valence-corrected chi connectivity index (χ2v) is 8.93. The number of carbonyl (C=O) groups is 1. The van der Waals surface area contributed by atoms with E-state index in [9.17, 15) is 13.2 Å². The summed E-state index contributed by atoms with van der Waals surface area (Å²) in [6.45, 7) is 1.97. The van der Waals surface area contributed by atoms with Crippen molar-refractivity contribution in [1.29, 1.82) is 0 Å². The molecule has 1 atom stereocenters. The molecule has 0 aliphatic carbocycles. The van der Waals surface area contributed by atoms with Crippen LogP contribution in [0.2, 0.25) is 0 Å². The molecular formula is C19H19N3O3S. The van der Waals surface area contributed by atoms with Crippen molar-refractivity contribution in [3.05, 3.63) is 54.2 Å². The highest BCUT2D eigenvalue weighted by molar-refractivity contribution is 7.91. The summed E-state index contributed by atoms with van der Waals surface area (Å²) < 4.78 is 25.2. The van der Waals surface area contributed by atoms with Crippen molar-refractivity contribution in [3.8, 4) is 11.3 Å². The number of sulfone groups is 1. The van der Waals surface area contributed by atoms with Crippen LogP contribution in [0, 0.1) is 12.8 Å². The molecule has 0 saturated carbocycles. The molecular weight excluding hydrogens is 350 g/mol. The number of aryl methyl sites for hydroxylation is 1. The van der Waals surface area contributed by atoms with E-state index in [1.54, 1.807) is 0 Å². The number of aromatic nitrogens is 2. The lowest BCUT2D eigenvalue weighted by molar-refractivity contribution is -0.119. The smallest absolute Gasteiger partial charge is 0.229 e. The molecule has 1 aromatic carbocycles. The summed E-state index contributed by atoms with van der Waals surface area (Å²) in [4.78, 5) is 17.4. The zero-order chi connectivity index (χ0) is 18.3. The maximum atomic E-state index is 12.7. The Bertz CT molecular complexity index is 1090. The first-order valence-electron chi connectivity index (χ1n) is 8.48. The van der Waals surface area contributed by atoms with Gasteiger partial charge in [0.05, 0.1) is 17.4 Å². The van der Waals surface area contributed by atoms with Crippen LogP contribution in [0.4, 0.5) is 5.82 Å². The number of pyridine rings is 1. The number of nitrogens with one attached hydrogen (secondary N) is 1. The summed E-state index contributed by atoms with van der Waals surface area (Å²) in [6.07, 6.45) is 2.28. The highest BCUT2D eigenvalue weighted by Gasteiger charge is 2.33. The van der Waals surface area contributed by atoms with Crippen LogP contribution in [0.15, 0.2) is 48.7 Å². The molecule has 2 aromatic heterocycles. The van der Waals surface area contributed by atoms with Crippen LogP contribution in [-0.4, -0.2) is 35.2 Å². The summed E-state index contributed by atoms with van der Waals surface area (Å²) in [5.74, 6) is -0.229.